The largest absolute Gasteiger partial charge is 0.455 e. The van der Waals surface area contributed by atoms with Crippen molar-refractivity contribution in [1.82, 2.24) is 10.6 Å². The van der Waals surface area contributed by atoms with Gasteiger partial charge in [0, 0.05) is 25.7 Å². The van der Waals surface area contributed by atoms with E-state index in [0.29, 0.717) is 0 Å². The summed E-state index contributed by atoms with van der Waals surface area (Å²) in [6.45, 7) is 1.58. The van der Waals surface area contributed by atoms with Crippen molar-refractivity contribution in [3.05, 3.63) is 29.8 Å². The molecule has 0 aliphatic carbocycles. The molecule has 0 aromatic heterocycles. The Morgan fingerprint density at radius 3 is 2.54 bits per heavy atom. The zero-order valence-corrected chi connectivity index (χ0v) is 13.5. The van der Waals surface area contributed by atoms with Gasteiger partial charge >= 0.3 is 12.0 Å². The van der Waals surface area contributed by atoms with E-state index in [4.69, 9.17) is 4.74 Å². The second-order valence-corrected chi connectivity index (χ2v) is 5.48. The van der Waals surface area contributed by atoms with Crippen LogP contribution in [-0.2, 0) is 19.1 Å². The summed E-state index contributed by atoms with van der Waals surface area (Å²) in [6, 6.07) is 6.72. The number of benzene rings is 1. The SMILES string of the molecule is CNC(=O)NC(=O)COC(=O)[C@@H]1CC(=O)N(c2ccc(C)cc2)C1. The molecule has 1 aliphatic rings. The molecule has 24 heavy (non-hydrogen) atoms. The summed E-state index contributed by atoms with van der Waals surface area (Å²) >= 11 is 0. The van der Waals surface area contributed by atoms with Gasteiger partial charge in [-0.15, -0.1) is 0 Å². The number of aryl methyl sites for hydroxylation is 1. The van der Waals surface area contributed by atoms with E-state index in [0.717, 1.165) is 11.3 Å². The number of carbonyl (C=O) groups excluding carboxylic acids is 4. The van der Waals surface area contributed by atoms with Gasteiger partial charge in [0.15, 0.2) is 6.61 Å². The average Bonchev–Trinajstić information content (AvgIpc) is 2.95. The van der Waals surface area contributed by atoms with Crippen LogP contribution in [0.2, 0.25) is 0 Å². The van der Waals surface area contributed by atoms with E-state index in [1.807, 2.05) is 36.5 Å². The smallest absolute Gasteiger partial charge is 0.321 e. The van der Waals surface area contributed by atoms with Crippen molar-refractivity contribution in [3.8, 4) is 0 Å². The van der Waals surface area contributed by atoms with Gasteiger partial charge in [-0.2, -0.15) is 0 Å². The predicted molar refractivity (Wildman–Crippen MR) is 85.2 cm³/mol. The normalized spacial score (nSPS) is 16.7. The van der Waals surface area contributed by atoms with Gasteiger partial charge < -0.3 is 15.0 Å². The molecule has 2 rings (SSSR count). The van der Waals surface area contributed by atoms with Gasteiger partial charge in [0.05, 0.1) is 5.92 Å². The molecule has 2 N–H and O–H groups in total. The summed E-state index contributed by atoms with van der Waals surface area (Å²) in [7, 11) is 1.36. The Bertz CT molecular complexity index is 656. The third-order valence-corrected chi connectivity index (χ3v) is 3.63. The molecule has 8 nitrogen and oxygen atoms in total. The number of rotatable bonds is 4. The highest BCUT2D eigenvalue weighted by molar-refractivity contribution is 6.00. The van der Waals surface area contributed by atoms with E-state index in [2.05, 4.69) is 5.32 Å². The lowest BCUT2D eigenvalue weighted by atomic mass is 10.1. The molecule has 0 spiro atoms. The van der Waals surface area contributed by atoms with Gasteiger partial charge in [0.1, 0.15) is 0 Å². The molecular weight excluding hydrogens is 314 g/mol. The minimum absolute atomic E-state index is 0.0315. The van der Waals surface area contributed by atoms with Crippen LogP contribution < -0.4 is 15.5 Å². The Hall–Kier alpha value is -2.90. The van der Waals surface area contributed by atoms with E-state index in [1.54, 1.807) is 0 Å². The number of hydrogen-bond donors (Lipinski definition) is 2. The maximum atomic E-state index is 12.1. The van der Waals surface area contributed by atoms with Gasteiger partial charge in [-0.1, -0.05) is 17.7 Å². The number of anilines is 1. The van der Waals surface area contributed by atoms with Crippen LogP contribution in [0.1, 0.15) is 12.0 Å². The van der Waals surface area contributed by atoms with Crippen molar-refractivity contribution in [1.29, 1.82) is 0 Å². The van der Waals surface area contributed by atoms with Crippen LogP contribution in [0.25, 0.3) is 0 Å². The molecule has 1 aromatic rings. The summed E-state index contributed by atoms with van der Waals surface area (Å²) in [6.07, 6.45) is 0.0315. The van der Waals surface area contributed by atoms with E-state index in [9.17, 15) is 19.2 Å². The Morgan fingerprint density at radius 1 is 1.25 bits per heavy atom. The predicted octanol–water partition coefficient (Wildman–Crippen LogP) is 0.347. The van der Waals surface area contributed by atoms with E-state index in [1.165, 1.54) is 11.9 Å². The first-order chi connectivity index (χ1) is 11.4. The van der Waals surface area contributed by atoms with Crippen molar-refractivity contribution in [2.75, 3.05) is 25.1 Å². The molecule has 8 heteroatoms. The zero-order chi connectivity index (χ0) is 17.7. The fourth-order valence-electron chi connectivity index (χ4n) is 2.32. The van der Waals surface area contributed by atoms with Crippen LogP contribution in [-0.4, -0.2) is 44.0 Å². The van der Waals surface area contributed by atoms with Crippen LogP contribution in [0.15, 0.2) is 24.3 Å². The van der Waals surface area contributed by atoms with Crippen LogP contribution in [0.3, 0.4) is 0 Å². The number of imide groups is 1. The maximum absolute atomic E-state index is 12.1. The van der Waals surface area contributed by atoms with Crippen LogP contribution in [0, 0.1) is 12.8 Å². The topological polar surface area (TPSA) is 105 Å². The number of urea groups is 1. The van der Waals surface area contributed by atoms with Crippen molar-refractivity contribution >= 4 is 29.5 Å². The lowest BCUT2D eigenvalue weighted by molar-refractivity contribution is -0.152. The molecule has 0 saturated carbocycles. The molecule has 0 radical (unpaired) electrons. The number of carbonyl (C=O) groups is 4. The number of ether oxygens (including phenoxy) is 1. The molecular formula is C16H19N3O5. The van der Waals surface area contributed by atoms with Gasteiger partial charge in [-0.25, -0.2) is 4.79 Å². The first-order valence-electron chi connectivity index (χ1n) is 7.46. The lowest BCUT2D eigenvalue weighted by Crippen LogP contribution is -2.40. The number of nitrogens with zero attached hydrogens (tertiary/aromatic N) is 1. The summed E-state index contributed by atoms with van der Waals surface area (Å²) < 4.78 is 4.87. The number of nitrogens with one attached hydrogen (secondary N) is 2. The molecule has 128 valence electrons. The molecule has 1 fully saturated rings. The number of hydrogen-bond acceptors (Lipinski definition) is 5. The van der Waals surface area contributed by atoms with Crippen molar-refractivity contribution in [2.24, 2.45) is 5.92 Å². The monoisotopic (exact) mass is 333 g/mol. The number of amides is 4. The van der Waals surface area contributed by atoms with Gasteiger partial charge in [-0.3, -0.25) is 19.7 Å². The fraction of sp³-hybridized carbons (Fsp3) is 0.375. The van der Waals surface area contributed by atoms with Crippen molar-refractivity contribution in [2.45, 2.75) is 13.3 Å². The highest BCUT2D eigenvalue weighted by atomic mass is 16.5. The third-order valence-electron chi connectivity index (χ3n) is 3.63. The standard InChI is InChI=1S/C16H19N3O5/c1-10-3-5-12(6-4-10)19-8-11(7-14(19)21)15(22)24-9-13(20)18-16(23)17-2/h3-6,11H,7-9H2,1-2H3,(H2,17,18,20,23)/t11-/m1/s1. The van der Waals surface area contributed by atoms with Crippen LogP contribution in [0.4, 0.5) is 10.5 Å². The minimum Gasteiger partial charge on any atom is -0.455 e. The second-order valence-electron chi connectivity index (χ2n) is 5.48. The molecule has 0 bridgehead atoms. The highest BCUT2D eigenvalue weighted by Gasteiger charge is 2.36. The quantitative estimate of drug-likeness (QED) is 0.774. The molecule has 1 atom stereocenters. The maximum Gasteiger partial charge on any atom is 0.321 e. The van der Waals surface area contributed by atoms with E-state index in [-0.39, 0.29) is 18.9 Å². The Kier molecular flexibility index (Phi) is 5.51. The molecule has 1 saturated heterocycles. The van der Waals surface area contributed by atoms with Crippen LogP contribution >= 0.6 is 0 Å². The molecule has 1 heterocycles. The van der Waals surface area contributed by atoms with Gasteiger partial charge in [0.25, 0.3) is 5.91 Å². The van der Waals surface area contributed by atoms with Crippen molar-refractivity contribution < 1.29 is 23.9 Å². The third kappa shape index (κ3) is 4.31. The molecule has 1 aliphatic heterocycles. The second kappa shape index (κ2) is 7.58. The first-order valence-corrected chi connectivity index (χ1v) is 7.46. The number of esters is 1. The molecule has 4 amide bonds. The minimum atomic E-state index is -0.734. The van der Waals surface area contributed by atoms with E-state index < -0.39 is 30.4 Å². The first kappa shape index (κ1) is 17.5. The summed E-state index contributed by atoms with van der Waals surface area (Å²) in [5, 5.41) is 4.19. The Labute approximate surface area is 139 Å². The van der Waals surface area contributed by atoms with E-state index >= 15 is 0 Å². The zero-order valence-electron chi connectivity index (χ0n) is 13.5. The van der Waals surface area contributed by atoms with Gasteiger partial charge in [-0.05, 0) is 19.1 Å². The summed E-state index contributed by atoms with van der Waals surface area (Å²) in [4.78, 5) is 47.9. The van der Waals surface area contributed by atoms with Crippen molar-refractivity contribution in [3.63, 3.8) is 0 Å². The summed E-state index contributed by atoms with van der Waals surface area (Å²) in [5.74, 6) is -2.17. The fourth-order valence-corrected chi connectivity index (χ4v) is 2.32. The van der Waals surface area contributed by atoms with Gasteiger partial charge in [0.2, 0.25) is 5.91 Å². The molecule has 0 unspecified atom stereocenters. The molecule has 1 aromatic carbocycles. The lowest BCUT2D eigenvalue weighted by Gasteiger charge is -2.16. The average molecular weight is 333 g/mol. The Morgan fingerprint density at radius 2 is 1.92 bits per heavy atom. The van der Waals surface area contributed by atoms with Crippen LogP contribution in [0.5, 0.6) is 0 Å². The summed E-state index contributed by atoms with van der Waals surface area (Å²) in [5.41, 5.74) is 1.79. The Balaban J connectivity index is 1.88. The highest BCUT2D eigenvalue weighted by Crippen LogP contribution is 2.26.